The smallest absolute Gasteiger partial charge is 0.257 e. The Hall–Kier alpha value is -3.02. The summed E-state index contributed by atoms with van der Waals surface area (Å²) in [5, 5.41) is 4.06. The molecule has 0 radical (unpaired) electrons. The first kappa shape index (κ1) is 16.4. The average Bonchev–Trinajstić information content (AvgIpc) is 3.24. The van der Waals surface area contributed by atoms with E-state index >= 15 is 0 Å². The van der Waals surface area contributed by atoms with Crippen molar-refractivity contribution in [1.82, 2.24) is 15.0 Å². The molecule has 1 saturated heterocycles. The minimum atomic E-state index is -0.301. The molecule has 5 nitrogen and oxygen atoms in total. The summed E-state index contributed by atoms with van der Waals surface area (Å²) in [6.45, 7) is 2.71. The van der Waals surface area contributed by atoms with Gasteiger partial charge in [-0.25, -0.2) is 4.39 Å². The molecular weight excluding hydrogens is 333 g/mol. The maximum absolute atomic E-state index is 13.8. The van der Waals surface area contributed by atoms with Crippen LogP contribution in [-0.2, 0) is 11.3 Å². The van der Waals surface area contributed by atoms with Crippen molar-refractivity contribution in [2.75, 3.05) is 6.54 Å². The van der Waals surface area contributed by atoms with Gasteiger partial charge in [0.1, 0.15) is 5.82 Å². The topological polar surface area (TPSA) is 59.2 Å². The number of hydrogen-bond donors (Lipinski definition) is 0. The van der Waals surface area contributed by atoms with E-state index in [2.05, 4.69) is 10.1 Å². The van der Waals surface area contributed by atoms with Gasteiger partial charge in [0.25, 0.3) is 5.89 Å². The normalized spacial score (nSPS) is 17.1. The van der Waals surface area contributed by atoms with Crippen LogP contribution in [0.25, 0.3) is 11.5 Å². The number of amides is 1. The highest BCUT2D eigenvalue weighted by atomic mass is 19.1. The van der Waals surface area contributed by atoms with Crippen molar-refractivity contribution in [2.45, 2.75) is 25.8 Å². The third-order valence-electron chi connectivity index (χ3n) is 4.61. The summed E-state index contributed by atoms with van der Waals surface area (Å²) in [6, 6.07) is 14.3. The molecule has 6 heteroatoms. The predicted octanol–water partition coefficient (Wildman–Crippen LogP) is 3.70. The molecule has 0 aliphatic carbocycles. The van der Waals surface area contributed by atoms with Gasteiger partial charge in [-0.3, -0.25) is 4.79 Å². The Kier molecular flexibility index (Phi) is 4.24. The first-order valence-corrected chi connectivity index (χ1v) is 8.52. The van der Waals surface area contributed by atoms with Gasteiger partial charge >= 0.3 is 0 Å². The van der Waals surface area contributed by atoms with Crippen LogP contribution >= 0.6 is 0 Å². The summed E-state index contributed by atoms with van der Waals surface area (Å²) in [6.07, 6.45) is 0.307. The molecule has 1 fully saturated rings. The highest BCUT2D eigenvalue weighted by Crippen LogP contribution is 2.29. The molecule has 132 valence electrons. The SMILES string of the molecule is Cc1cccc(-c2nc(C3CC(=O)N(Cc4ccccc4F)C3)no2)c1. The Bertz CT molecular complexity index is 953. The first-order valence-electron chi connectivity index (χ1n) is 8.52. The Balaban J connectivity index is 1.50. The lowest BCUT2D eigenvalue weighted by Gasteiger charge is -2.16. The third kappa shape index (κ3) is 3.22. The van der Waals surface area contributed by atoms with Gasteiger partial charge in [0.05, 0.1) is 0 Å². The molecule has 1 aromatic heterocycles. The molecule has 0 bridgehead atoms. The van der Waals surface area contributed by atoms with Crippen LogP contribution in [0.15, 0.2) is 53.1 Å². The highest BCUT2D eigenvalue weighted by Gasteiger charge is 2.34. The fourth-order valence-corrected chi connectivity index (χ4v) is 3.23. The number of carbonyl (C=O) groups excluding carboxylic acids is 1. The van der Waals surface area contributed by atoms with Gasteiger partial charge in [0, 0.05) is 36.6 Å². The Labute approximate surface area is 150 Å². The summed E-state index contributed by atoms with van der Waals surface area (Å²) in [5.74, 6) is 0.497. The van der Waals surface area contributed by atoms with Crippen LogP contribution in [0.5, 0.6) is 0 Å². The minimum absolute atomic E-state index is 0.0276. The van der Waals surface area contributed by atoms with E-state index in [1.54, 1.807) is 23.1 Å². The van der Waals surface area contributed by atoms with E-state index < -0.39 is 0 Å². The molecule has 2 aromatic carbocycles. The molecule has 26 heavy (non-hydrogen) atoms. The van der Waals surface area contributed by atoms with E-state index in [1.807, 2.05) is 31.2 Å². The van der Waals surface area contributed by atoms with Crippen LogP contribution in [0.4, 0.5) is 4.39 Å². The summed E-state index contributed by atoms with van der Waals surface area (Å²) in [4.78, 5) is 18.4. The van der Waals surface area contributed by atoms with E-state index in [0.29, 0.717) is 30.2 Å². The largest absolute Gasteiger partial charge is 0.337 e. The number of hydrogen-bond acceptors (Lipinski definition) is 4. The maximum Gasteiger partial charge on any atom is 0.257 e. The lowest BCUT2D eigenvalue weighted by Crippen LogP contribution is -2.25. The van der Waals surface area contributed by atoms with Gasteiger partial charge in [-0.2, -0.15) is 4.98 Å². The van der Waals surface area contributed by atoms with Crippen LogP contribution in [0.1, 0.15) is 29.3 Å². The average molecular weight is 351 g/mol. The molecule has 0 N–H and O–H groups in total. The second kappa shape index (κ2) is 6.71. The summed E-state index contributed by atoms with van der Waals surface area (Å²) < 4.78 is 19.2. The van der Waals surface area contributed by atoms with Crippen LogP contribution in [0, 0.1) is 12.7 Å². The second-order valence-electron chi connectivity index (χ2n) is 6.59. The summed E-state index contributed by atoms with van der Waals surface area (Å²) in [7, 11) is 0. The van der Waals surface area contributed by atoms with Gasteiger partial charge in [-0.15, -0.1) is 0 Å². The molecule has 1 aliphatic rings. The van der Waals surface area contributed by atoms with Gasteiger partial charge < -0.3 is 9.42 Å². The van der Waals surface area contributed by atoms with Gasteiger partial charge in [-0.1, -0.05) is 41.1 Å². The van der Waals surface area contributed by atoms with Crippen molar-refractivity contribution >= 4 is 5.91 Å². The summed E-state index contributed by atoms with van der Waals surface area (Å²) >= 11 is 0. The molecule has 2 heterocycles. The van der Waals surface area contributed by atoms with E-state index in [9.17, 15) is 9.18 Å². The Morgan fingerprint density at radius 3 is 2.88 bits per heavy atom. The molecule has 1 amide bonds. The third-order valence-corrected chi connectivity index (χ3v) is 4.61. The van der Waals surface area contributed by atoms with Crippen molar-refractivity contribution in [3.05, 3.63) is 71.3 Å². The van der Waals surface area contributed by atoms with Gasteiger partial charge in [0.15, 0.2) is 5.82 Å². The number of halogens is 1. The van der Waals surface area contributed by atoms with Crippen LogP contribution < -0.4 is 0 Å². The molecule has 0 saturated carbocycles. The molecule has 4 rings (SSSR count). The monoisotopic (exact) mass is 351 g/mol. The van der Waals surface area contributed by atoms with Crippen molar-refractivity contribution < 1.29 is 13.7 Å². The molecule has 1 aliphatic heterocycles. The maximum atomic E-state index is 13.8. The molecular formula is C20H18FN3O2. The zero-order chi connectivity index (χ0) is 18.1. The van der Waals surface area contributed by atoms with Crippen LogP contribution in [0.2, 0.25) is 0 Å². The minimum Gasteiger partial charge on any atom is -0.337 e. The zero-order valence-electron chi connectivity index (χ0n) is 14.4. The molecule has 1 unspecified atom stereocenters. The number of nitrogens with zero attached hydrogens (tertiary/aromatic N) is 3. The lowest BCUT2D eigenvalue weighted by molar-refractivity contribution is -0.128. The fourth-order valence-electron chi connectivity index (χ4n) is 3.23. The number of likely N-dealkylation sites (tertiary alicyclic amines) is 1. The first-order chi connectivity index (χ1) is 12.6. The Morgan fingerprint density at radius 1 is 1.23 bits per heavy atom. The number of aromatic nitrogens is 2. The van der Waals surface area contributed by atoms with E-state index in [-0.39, 0.29) is 24.2 Å². The van der Waals surface area contributed by atoms with Crippen molar-refractivity contribution in [2.24, 2.45) is 0 Å². The molecule has 3 aromatic rings. The van der Waals surface area contributed by atoms with Crippen molar-refractivity contribution in [3.63, 3.8) is 0 Å². The quantitative estimate of drug-likeness (QED) is 0.719. The second-order valence-corrected chi connectivity index (χ2v) is 6.59. The molecule has 0 spiro atoms. The van der Waals surface area contributed by atoms with Gasteiger partial charge in [0.2, 0.25) is 5.91 Å². The summed E-state index contributed by atoms with van der Waals surface area (Å²) in [5.41, 5.74) is 2.47. The van der Waals surface area contributed by atoms with Crippen LogP contribution in [0.3, 0.4) is 0 Å². The lowest BCUT2D eigenvalue weighted by atomic mass is 10.1. The van der Waals surface area contributed by atoms with Gasteiger partial charge in [-0.05, 0) is 25.1 Å². The number of benzene rings is 2. The fraction of sp³-hybridized carbons (Fsp3) is 0.250. The standard InChI is InChI=1S/C20H18FN3O2/c1-13-5-4-7-14(9-13)20-22-19(23-26-20)16-10-18(25)24(12-16)11-15-6-2-3-8-17(15)21/h2-9,16H,10-12H2,1H3. The highest BCUT2D eigenvalue weighted by molar-refractivity contribution is 5.79. The van der Waals surface area contributed by atoms with Crippen LogP contribution in [-0.4, -0.2) is 27.5 Å². The Morgan fingerprint density at radius 2 is 2.08 bits per heavy atom. The number of rotatable bonds is 4. The van der Waals surface area contributed by atoms with Crippen molar-refractivity contribution in [3.8, 4) is 11.5 Å². The van der Waals surface area contributed by atoms with E-state index in [1.165, 1.54) is 6.07 Å². The van der Waals surface area contributed by atoms with E-state index in [4.69, 9.17) is 4.52 Å². The number of aryl methyl sites for hydroxylation is 1. The zero-order valence-corrected chi connectivity index (χ0v) is 14.4. The number of carbonyl (C=O) groups is 1. The molecule has 1 atom stereocenters. The van der Waals surface area contributed by atoms with Crippen molar-refractivity contribution in [1.29, 1.82) is 0 Å². The van der Waals surface area contributed by atoms with E-state index in [0.717, 1.165) is 11.1 Å². The predicted molar refractivity (Wildman–Crippen MR) is 93.6 cm³/mol.